The Kier molecular flexibility index (Phi) is 5.50. The number of amides is 1. The predicted molar refractivity (Wildman–Crippen MR) is 113 cm³/mol. The van der Waals surface area contributed by atoms with Crippen LogP contribution in [0, 0.1) is 12.7 Å². The molecule has 0 saturated carbocycles. The number of hydrogen-bond acceptors (Lipinski definition) is 5. The highest BCUT2D eigenvalue weighted by molar-refractivity contribution is 7.99. The highest BCUT2D eigenvalue weighted by atomic mass is 32.2. The molecule has 0 saturated heterocycles. The third kappa shape index (κ3) is 3.98. The molecule has 2 heterocycles. The number of H-pyrrole nitrogens is 1. The number of anilines is 1. The maximum Gasteiger partial charge on any atom is 0.259 e. The van der Waals surface area contributed by atoms with Gasteiger partial charge in [-0.25, -0.2) is 9.37 Å². The second kappa shape index (κ2) is 8.05. The van der Waals surface area contributed by atoms with Crippen molar-refractivity contribution < 1.29 is 9.18 Å². The van der Waals surface area contributed by atoms with Gasteiger partial charge in [-0.3, -0.25) is 9.59 Å². The Morgan fingerprint density at radius 3 is 3.00 bits per heavy atom. The molecule has 0 atom stereocenters. The first-order valence-electron chi connectivity index (χ1n) is 9.18. The van der Waals surface area contributed by atoms with Gasteiger partial charge in [-0.2, -0.15) is 0 Å². The van der Waals surface area contributed by atoms with Crippen LogP contribution in [-0.4, -0.2) is 21.6 Å². The molecule has 1 aliphatic carbocycles. The summed E-state index contributed by atoms with van der Waals surface area (Å²) in [5.41, 5.74) is 2.05. The SMILES string of the molecule is Cc1ccc(NC(=O)CSCc2nc3sc4c(c3c(=O)[nH]2)CCCC4)c(F)c1. The van der Waals surface area contributed by atoms with E-state index < -0.39 is 5.82 Å². The standard InChI is InChI=1S/C20H20FN3O2S2/c1-11-6-7-14(13(21)8-11)22-17(25)10-27-9-16-23-19(26)18-12-4-2-3-5-15(12)28-20(18)24-16/h6-8H,2-5,9-10H2,1H3,(H,22,25)(H,23,24,26). The molecular formula is C20H20FN3O2S2. The van der Waals surface area contributed by atoms with E-state index in [9.17, 15) is 14.0 Å². The number of thiophene rings is 1. The second-order valence-electron chi connectivity index (χ2n) is 6.93. The summed E-state index contributed by atoms with van der Waals surface area (Å²) < 4.78 is 13.8. The number of carbonyl (C=O) groups is 1. The highest BCUT2D eigenvalue weighted by Crippen LogP contribution is 2.33. The number of nitrogens with one attached hydrogen (secondary N) is 2. The van der Waals surface area contributed by atoms with Crippen molar-refractivity contribution in [2.24, 2.45) is 0 Å². The van der Waals surface area contributed by atoms with Crippen molar-refractivity contribution in [3.05, 3.63) is 56.2 Å². The zero-order chi connectivity index (χ0) is 19.7. The van der Waals surface area contributed by atoms with E-state index >= 15 is 0 Å². The molecule has 0 unspecified atom stereocenters. The second-order valence-corrected chi connectivity index (χ2v) is 9.00. The van der Waals surface area contributed by atoms with Crippen LogP contribution in [-0.2, 0) is 23.4 Å². The number of halogens is 1. The Bertz CT molecular complexity index is 1110. The van der Waals surface area contributed by atoms with Crippen molar-refractivity contribution in [2.45, 2.75) is 38.4 Å². The normalized spacial score (nSPS) is 13.5. The largest absolute Gasteiger partial charge is 0.323 e. The lowest BCUT2D eigenvalue weighted by Gasteiger charge is -2.09. The van der Waals surface area contributed by atoms with Gasteiger partial charge in [-0.1, -0.05) is 6.07 Å². The fourth-order valence-corrected chi connectivity index (χ4v) is 5.40. The van der Waals surface area contributed by atoms with Crippen LogP contribution in [0.25, 0.3) is 10.2 Å². The summed E-state index contributed by atoms with van der Waals surface area (Å²) in [7, 11) is 0. The Morgan fingerprint density at radius 1 is 1.36 bits per heavy atom. The summed E-state index contributed by atoms with van der Waals surface area (Å²) in [6.07, 6.45) is 4.25. The lowest BCUT2D eigenvalue weighted by Crippen LogP contribution is -2.16. The van der Waals surface area contributed by atoms with Gasteiger partial charge in [-0.15, -0.1) is 23.1 Å². The van der Waals surface area contributed by atoms with Crippen molar-refractivity contribution in [3.63, 3.8) is 0 Å². The van der Waals surface area contributed by atoms with E-state index in [-0.39, 0.29) is 22.9 Å². The van der Waals surface area contributed by atoms with Crippen molar-refractivity contribution in [1.82, 2.24) is 9.97 Å². The van der Waals surface area contributed by atoms with Crippen molar-refractivity contribution in [1.29, 1.82) is 0 Å². The number of fused-ring (bicyclic) bond motifs is 3. The summed E-state index contributed by atoms with van der Waals surface area (Å²) in [6.45, 7) is 1.79. The predicted octanol–water partition coefficient (Wildman–Crippen LogP) is 4.18. The van der Waals surface area contributed by atoms with E-state index in [0.717, 1.165) is 41.5 Å². The lowest BCUT2D eigenvalue weighted by atomic mass is 9.97. The van der Waals surface area contributed by atoms with Gasteiger partial charge in [0.05, 0.1) is 22.6 Å². The zero-order valence-corrected chi connectivity index (χ0v) is 17.1. The first-order valence-corrected chi connectivity index (χ1v) is 11.2. The minimum absolute atomic E-state index is 0.0915. The molecule has 146 valence electrons. The molecule has 28 heavy (non-hydrogen) atoms. The van der Waals surface area contributed by atoms with Crippen molar-refractivity contribution in [2.75, 3.05) is 11.1 Å². The Balaban J connectivity index is 1.40. The summed E-state index contributed by atoms with van der Waals surface area (Å²) in [5, 5.41) is 3.31. The van der Waals surface area contributed by atoms with Crippen molar-refractivity contribution >= 4 is 44.9 Å². The molecule has 4 rings (SSSR count). The Morgan fingerprint density at radius 2 is 2.18 bits per heavy atom. The molecule has 8 heteroatoms. The van der Waals surface area contributed by atoms with Gasteiger partial charge in [0.1, 0.15) is 16.5 Å². The van der Waals surface area contributed by atoms with Crippen LogP contribution in [0.5, 0.6) is 0 Å². The van der Waals surface area contributed by atoms with Gasteiger partial charge in [0.15, 0.2) is 0 Å². The van der Waals surface area contributed by atoms with E-state index in [2.05, 4.69) is 15.3 Å². The van der Waals surface area contributed by atoms with Crippen LogP contribution in [0.1, 0.15) is 34.7 Å². The van der Waals surface area contributed by atoms with Gasteiger partial charge >= 0.3 is 0 Å². The average Bonchev–Trinajstić information content (AvgIpc) is 3.03. The number of nitrogens with zero attached hydrogens (tertiary/aromatic N) is 1. The van der Waals surface area contributed by atoms with Gasteiger partial charge < -0.3 is 10.3 Å². The van der Waals surface area contributed by atoms with Gasteiger partial charge in [-0.05, 0) is 55.9 Å². The van der Waals surface area contributed by atoms with Crippen molar-refractivity contribution in [3.8, 4) is 0 Å². The molecular weight excluding hydrogens is 397 g/mol. The number of hydrogen-bond donors (Lipinski definition) is 2. The molecule has 1 aromatic carbocycles. The van der Waals surface area contributed by atoms with E-state index in [1.807, 2.05) is 0 Å². The Labute approximate surface area is 169 Å². The first-order chi connectivity index (χ1) is 13.5. The quantitative estimate of drug-likeness (QED) is 0.653. The van der Waals surface area contributed by atoms with Gasteiger partial charge in [0.25, 0.3) is 5.56 Å². The first kappa shape index (κ1) is 19.1. The minimum Gasteiger partial charge on any atom is -0.323 e. The Hall–Kier alpha value is -2.19. The fraction of sp³-hybridized carbons (Fsp3) is 0.350. The van der Waals surface area contributed by atoms with E-state index in [0.29, 0.717) is 11.6 Å². The van der Waals surface area contributed by atoms with Crippen LogP contribution in [0.15, 0.2) is 23.0 Å². The molecule has 2 aromatic heterocycles. The van der Waals surface area contributed by atoms with Crippen LogP contribution in [0.3, 0.4) is 0 Å². The smallest absolute Gasteiger partial charge is 0.259 e. The molecule has 1 aliphatic rings. The number of aryl methyl sites for hydroxylation is 3. The zero-order valence-electron chi connectivity index (χ0n) is 15.4. The third-order valence-corrected chi connectivity index (χ3v) is 6.87. The molecule has 0 bridgehead atoms. The summed E-state index contributed by atoms with van der Waals surface area (Å²) in [5.74, 6) is 0.391. The number of thioether (sulfide) groups is 1. The summed E-state index contributed by atoms with van der Waals surface area (Å²) >= 11 is 2.94. The average molecular weight is 418 g/mol. The minimum atomic E-state index is -0.448. The third-order valence-electron chi connectivity index (χ3n) is 4.74. The van der Waals surface area contributed by atoms with Crippen LogP contribution in [0.2, 0.25) is 0 Å². The molecule has 5 nitrogen and oxygen atoms in total. The number of aromatic amines is 1. The molecule has 0 spiro atoms. The van der Waals surface area contributed by atoms with E-state index in [1.54, 1.807) is 30.4 Å². The van der Waals surface area contributed by atoms with Crippen LogP contribution in [0.4, 0.5) is 10.1 Å². The van der Waals surface area contributed by atoms with Gasteiger partial charge in [0, 0.05) is 4.88 Å². The maximum atomic E-state index is 13.8. The number of carbonyl (C=O) groups excluding carboxylic acids is 1. The molecule has 1 amide bonds. The topological polar surface area (TPSA) is 74.8 Å². The fourth-order valence-electron chi connectivity index (χ4n) is 3.43. The summed E-state index contributed by atoms with van der Waals surface area (Å²) in [4.78, 5) is 34.1. The maximum absolute atomic E-state index is 13.8. The van der Waals surface area contributed by atoms with E-state index in [1.165, 1.54) is 28.3 Å². The number of benzene rings is 1. The van der Waals surface area contributed by atoms with E-state index in [4.69, 9.17) is 0 Å². The lowest BCUT2D eigenvalue weighted by molar-refractivity contribution is -0.113. The number of aromatic nitrogens is 2. The monoisotopic (exact) mass is 417 g/mol. The summed E-state index contributed by atoms with van der Waals surface area (Å²) in [6, 6.07) is 4.68. The van der Waals surface area contributed by atoms with Crippen LogP contribution >= 0.6 is 23.1 Å². The molecule has 0 radical (unpaired) electrons. The molecule has 0 aliphatic heterocycles. The number of rotatable bonds is 5. The highest BCUT2D eigenvalue weighted by Gasteiger charge is 2.19. The molecule has 2 N–H and O–H groups in total. The van der Waals surface area contributed by atoms with Crippen LogP contribution < -0.4 is 10.9 Å². The molecule has 0 fully saturated rings. The van der Waals surface area contributed by atoms with Gasteiger partial charge in [0.2, 0.25) is 5.91 Å². The molecule has 3 aromatic rings.